The van der Waals surface area contributed by atoms with Gasteiger partial charge in [-0.1, -0.05) is 56.3 Å². The second-order valence-electron chi connectivity index (χ2n) is 9.28. The Bertz CT molecular complexity index is 1440. The zero-order chi connectivity index (χ0) is 24.6. The van der Waals surface area contributed by atoms with E-state index in [1.807, 2.05) is 49.4 Å². The summed E-state index contributed by atoms with van der Waals surface area (Å²) in [4.78, 5) is 27.6. The number of oxime groups is 1. The first-order valence-corrected chi connectivity index (χ1v) is 11.2. The molecule has 0 saturated carbocycles. The lowest BCUT2D eigenvalue weighted by Gasteiger charge is -2.19. The number of aryl methyl sites for hydroxylation is 1. The molecule has 7 heteroatoms. The van der Waals surface area contributed by atoms with Crippen LogP contribution in [0.1, 0.15) is 51.3 Å². The van der Waals surface area contributed by atoms with E-state index >= 15 is 0 Å². The van der Waals surface area contributed by atoms with Crippen molar-refractivity contribution in [2.24, 2.45) is 5.16 Å². The Labute approximate surface area is 197 Å². The Morgan fingerprint density at radius 2 is 1.56 bits per heavy atom. The molecule has 1 aromatic heterocycles. The molecule has 34 heavy (non-hydrogen) atoms. The van der Waals surface area contributed by atoms with Gasteiger partial charge in [-0.05, 0) is 36.1 Å². The number of non-ortho nitro benzene ring substituents is 1. The van der Waals surface area contributed by atoms with Crippen LogP contribution in [0.5, 0.6) is 0 Å². The van der Waals surface area contributed by atoms with E-state index in [4.69, 9.17) is 4.84 Å². The third-order valence-electron chi connectivity index (χ3n) is 5.94. The van der Waals surface area contributed by atoms with Gasteiger partial charge in [-0.15, -0.1) is 0 Å². The average Bonchev–Trinajstić information content (AvgIpc) is 3.11. The zero-order valence-electron chi connectivity index (χ0n) is 20.0. The van der Waals surface area contributed by atoms with Crippen LogP contribution in [0, 0.1) is 10.1 Å². The number of fused-ring (bicyclic) bond motifs is 3. The molecule has 0 aliphatic carbocycles. The highest BCUT2D eigenvalue weighted by atomic mass is 16.7. The number of nitro benzene ring substituents is 1. The van der Waals surface area contributed by atoms with Gasteiger partial charge in [0.2, 0.25) is 0 Å². The highest BCUT2D eigenvalue weighted by Gasteiger charge is 2.18. The Morgan fingerprint density at radius 3 is 2.12 bits per heavy atom. The van der Waals surface area contributed by atoms with Crippen LogP contribution in [0.15, 0.2) is 65.8 Å². The van der Waals surface area contributed by atoms with Crippen molar-refractivity contribution >= 4 is 39.2 Å². The summed E-state index contributed by atoms with van der Waals surface area (Å²) < 4.78 is 2.12. The first-order chi connectivity index (χ1) is 16.1. The van der Waals surface area contributed by atoms with Gasteiger partial charge in [-0.25, -0.2) is 4.79 Å². The molecule has 0 radical (unpaired) electrons. The standard InChI is InChI=1S/C27H27N3O4/c1-6-29-24-13-9-19(15-22(24)23-16-21(30(32)33)12-14-25(23)29)26(28-34-17(2)31)18-7-10-20(11-8-18)27(3,4)5/h7-16H,6H2,1-5H3. The highest BCUT2D eigenvalue weighted by Crippen LogP contribution is 2.33. The monoisotopic (exact) mass is 457 g/mol. The largest absolute Gasteiger partial charge is 0.341 e. The summed E-state index contributed by atoms with van der Waals surface area (Å²) in [5, 5.41) is 17.2. The van der Waals surface area contributed by atoms with Crippen LogP contribution in [0.2, 0.25) is 0 Å². The fourth-order valence-corrected chi connectivity index (χ4v) is 4.20. The van der Waals surface area contributed by atoms with E-state index in [1.165, 1.54) is 18.6 Å². The van der Waals surface area contributed by atoms with Crippen molar-refractivity contribution in [2.75, 3.05) is 0 Å². The maximum atomic E-state index is 11.5. The Balaban J connectivity index is 1.92. The lowest BCUT2D eigenvalue weighted by Crippen LogP contribution is -2.12. The van der Waals surface area contributed by atoms with Crippen LogP contribution in [0.3, 0.4) is 0 Å². The van der Waals surface area contributed by atoms with Crippen molar-refractivity contribution in [3.63, 3.8) is 0 Å². The van der Waals surface area contributed by atoms with Crippen LogP contribution < -0.4 is 0 Å². The van der Waals surface area contributed by atoms with Crippen LogP contribution >= 0.6 is 0 Å². The highest BCUT2D eigenvalue weighted by molar-refractivity contribution is 6.17. The van der Waals surface area contributed by atoms with E-state index in [-0.39, 0.29) is 16.0 Å². The predicted octanol–water partition coefficient (Wildman–Crippen LogP) is 6.34. The second kappa shape index (κ2) is 8.74. The van der Waals surface area contributed by atoms with E-state index < -0.39 is 5.97 Å². The molecule has 7 nitrogen and oxygen atoms in total. The molecule has 174 valence electrons. The van der Waals surface area contributed by atoms with Crippen molar-refractivity contribution in [3.8, 4) is 0 Å². The van der Waals surface area contributed by atoms with Crippen molar-refractivity contribution in [1.29, 1.82) is 0 Å². The van der Waals surface area contributed by atoms with Gasteiger partial charge in [0.05, 0.1) is 4.92 Å². The second-order valence-corrected chi connectivity index (χ2v) is 9.28. The molecule has 0 N–H and O–H groups in total. The summed E-state index contributed by atoms with van der Waals surface area (Å²) in [6.45, 7) is 10.5. The normalized spacial score (nSPS) is 12.3. The summed E-state index contributed by atoms with van der Waals surface area (Å²) in [6, 6.07) is 18.8. The van der Waals surface area contributed by atoms with Gasteiger partial charge in [0.15, 0.2) is 0 Å². The molecule has 4 aromatic rings. The van der Waals surface area contributed by atoms with E-state index in [9.17, 15) is 14.9 Å². The average molecular weight is 458 g/mol. The molecule has 0 aliphatic rings. The number of carbonyl (C=O) groups is 1. The van der Waals surface area contributed by atoms with Gasteiger partial charge < -0.3 is 9.40 Å². The van der Waals surface area contributed by atoms with Crippen LogP contribution in [-0.4, -0.2) is 21.2 Å². The minimum atomic E-state index is -0.511. The van der Waals surface area contributed by atoms with Gasteiger partial charge in [-0.2, -0.15) is 0 Å². The minimum Gasteiger partial charge on any atom is -0.341 e. The number of rotatable bonds is 5. The van der Waals surface area contributed by atoms with Gasteiger partial charge >= 0.3 is 5.97 Å². The van der Waals surface area contributed by atoms with E-state index in [0.29, 0.717) is 5.71 Å². The predicted molar refractivity (Wildman–Crippen MR) is 134 cm³/mol. The Kier molecular flexibility index (Phi) is 5.96. The fraction of sp³-hybridized carbons (Fsp3) is 0.259. The summed E-state index contributed by atoms with van der Waals surface area (Å²) in [6.07, 6.45) is 0. The molecule has 0 unspecified atom stereocenters. The molecule has 0 amide bonds. The first-order valence-electron chi connectivity index (χ1n) is 11.2. The molecule has 0 atom stereocenters. The van der Waals surface area contributed by atoms with Crippen molar-refractivity contribution in [3.05, 3.63) is 87.5 Å². The minimum absolute atomic E-state index is 0.00132. The van der Waals surface area contributed by atoms with Gasteiger partial charge in [0.25, 0.3) is 5.69 Å². The molecule has 1 heterocycles. The fourth-order valence-electron chi connectivity index (χ4n) is 4.20. The molecular formula is C27H27N3O4. The summed E-state index contributed by atoms with van der Waals surface area (Å²) in [5.74, 6) is -0.511. The lowest BCUT2D eigenvalue weighted by atomic mass is 9.86. The molecular weight excluding hydrogens is 430 g/mol. The van der Waals surface area contributed by atoms with E-state index in [0.717, 1.165) is 39.5 Å². The zero-order valence-corrected chi connectivity index (χ0v) is 20.0. The number of hydrogen-bond donors (Lipinski definition) is 0. The number of hydrogen-bond acceptors (Lipinski definition) is 5. The smallest absolute Gasteiger partial charge is 0.332 e. The third kappa shape index (κ3) is 4.29. The summed E-state index contributed by atoms with van der Waals surface area (Å²) >= 11 is 0. The van der Waals surface area contributed by atoms with Crippen molar-refractivity contribution < 1.29 is 14.6 Å². The van der Waals surface area contributed by atoms with Gasteiger partial charge in [0.1, 0.15) is 5.71 Å². The number of aromatic nitrogens is 1. The molecule has 0 fully saturated rings. The molecule has 0 bridgehead atoms. The van der Waals surface area contributed by atoms with E-state index in [1.54, 1.807) is 12.1 Å². The SMILES string of the molecule is CCn1c2ccc(C(=NOC(C)=O)c3ccc(C(C)(C)C)cc3)cc2c2cc([N+](=O)[O-])ccc21. The number of nitro groups is 1. The Morgan fingerprint density at radius 1 is 0.971 bits per heavy atom. The first kappa shape index (κ1) is 23.2. The third-order valence-corrected chi connectivity index (χ3v) is 5.94. The maximum Gasteiger partial charge on any atom is 0.332 e. The summed E-state index contributed by atoms with van der Waals surface area (Å²) in [7, 11) is 0. The van der Waals surface area contributed by atoms with Crippen LogP contribution in [0.4, 0.5) is 5.69 Å². The number of nitrogens with zero attached hydrogens (tertiary/aromatic N) is 3. The van der Waals surface area contributed by atoms with Crippen molar-refractivity contribution in [1.82, 2.24) is 4.57 Å². The van der Waals surface area contributed by atoms with E-state index in [2.05, 4.69) is 30.5 Å². The Hall–Kier alpha value is -4.00. The quantitative estimate of drug-likeness (QED) is 0.151. The maximum absolute atomic E-state index is 11.5. The van der Waals surface area contributed by atoms with Crippen LogP contribution in [-0.2, 0) is 21.6 Å². The van der Waals surface area contributed by atoms with Gasteiger partial charge in [0, 0.05) is 58.5 Å². The van der Waals surface area contributed by atoms with Crippen LogP contribution in [0.25, 0.3) is 21.8 Å². The molecule has 4 rings (SSSR count). The number of benzene rings is 3. The number of carbonyl (C=O) groups excluding carboxylic acids is 1. The topological polar surface area (TPSA) is 86.7 Å². The lowest BCUT2D eigenvalue weighted by molar-refractivity contribution is -0.384. The molecule has 0 aliphatic heterocycles. The molecule has 0 spiro atoms. The summed E-state index contributed by atoms with van der Waals surface area (Å²) in [5.41, 5.74) is 5.18. The molecule has 0 saturated heterocycles. The molecule has 3 aromatic carbocycles. The van der Waals surface area contributed by atoms with Crippen molar-refractivity contribution in [2.45, 2.75) is 46.6 Å². The van der Waals surface area contributed by atoms with Gasteiger partial charge in [-0.3, -0.25) is 10.1 Å².